The lowest BCUT2D eigenvalue weighted by molar-refractivity contribution is -0.123. The average Bonchev–Trinajstić information content (AvgIpc) is 3.26. The Morgan fingerprint density at radius 3 is 2.35 bits per heavy atom. The van der Waals surface area contributed by atoms with E-state index < -0.39 is 0 Å². The van der Waals surface area contributed by atoms with E-state index in [0.717, 1.165) is 63.0 Å². The summed E-state index contributed by atoms with van der Waals surface area (Å²) in [6.45, 7) is 3.54. The molecule has 2 saturated heterocycles. The third-order valence-electron chi connectivity index (χ3n) is 6.66. The number of carbonyl (C=O) groups excluding carboxylic acids is 1. The monoisotopic (exact) mass is 456 g/mol. The van der Waals surface area contributed by atoms with E-state index in [1.165, 1.54) is 24.6 Å². The minimum absolute atomic E-state index is 0.0459. The summed E-state index contributed by atoms with van der Waals surface area (Å²) in [5.41, 5.74) is 1.27. The van der Waals surface area contributed by atoms with Crippen molar-refractivity contribution in [1.82, 2.24) is 9.47 Å². The fraction of sp³-hybridized carbons (Fsp3) is 0.565. The second-order valence-electron chi connectivity index (χ2n) is 8.60. The molecule has 8 heteroatoms. The minimum atomic E-state index is -0.282. The SMILES string of the molecule is Cc1c(/C=C2\SC(=S)N(C3CCCC3)C2=O)c(N2CCCCCC2)n(C)c(=O)c1C#N. The zero-order valence-electron chi connectivity index (χ0n) is 18.1. The summed E-state index contributed by atoms with van der Waals surface area (Å²) in [6, 6.07) is 2.27. The highest BCUT2D eigenvalue weighted by atomic mass is 32.2. The number of amides is 1. The van der Waals surface area contributed by atoms with Gasteiger partial charge in [-0.3, -0.25) is 19.1 Å². The van der Waals surface area contributed by atoms with Gasteiger partial charge in [0.1, 0.15) is 21.8 Å². The van der Waals surface area contributed by atoms with Crippen molar-refractivity contribution >= 4 is 46.1 Å². The van der Waals surface area contributed by atoms with Crippen LogP contribution in [0.1, 0.15) is 68.1 Å². The Labute approximate surface area is 192 Å². The molecule has 31 heavy (non-hydrogen) atoms. The van der Waals surface area contributed by atoms with Gasteiger partial charge in [0.25, 0.3) is 11.5 Å². The number of thiocarbonyl (C=S) groups is 1. The lowest BCUT2D eigenvalue weighted by Crippen LogP contribution is -2.36. The number of nitrogens with zero attached hydrogens (tertiary/aromatic N) is 4. The molecule has 3 fully saturated rings. The van der Waals surface area contributed by atoms with Gasteiger partial charge in [-0.2, -0.15) is 5.26 Å². The first-order valence-electron chi connectivity index (χ1n) is 11.1. The van der Waals surface area contributed by atoms with Crippen molar-refractivity contribution in [2.75, 3.05) is 18.0 Å². The molecule has 2 aliphatic heterocycles. The molecule has 3 aliphatic rings. The molecule has 1 aromatic rings. The van der Waals surface area contributed by atoms with Crippen molar-refractivity contribution in [2.24, 2.45) is 7.05 Å². The van der Waals surface area contributed by atoms with Gasteiger partial charge in [0.15, 0.2) is 0 Å². The zero-order chi connectivity index (χ0) is 22.1. The van der Waals surface area contributed by atoms with Crippen LogP contribution in [0, 0.1) is 18.3 Å². The molecule has 0 aromatic carbocycles. The molecule has 4 rings (SSSR count). The first kappa shape index (κ1) is 22.1. The summed E-state index contributed by atoms with van der Waals surface area (Å²) < 4.78 is 2.20. The number of thioether (sulfide) groups is 1. The van der Waals surface area contributed by atoms with E-state index in [1.54, 1.807) is 16.5 Å². The second kappa shape index (κ2) is 9.17. The van der Waals surface area contributed by atoms with Crippen molar-refractivity contribution in [2.45, 2.75) is 64.3 Å². The molecule has 0 unspecified atom stereocenters. The van der Waals surface area contributed by atoms with Crippen LogP contribution in [0.4, 0.5) is 5.82 Å². The molecule has 0 spiro atoms. The maximum Gasteiger partial charge on any atom is 0.270 e. The molecule has 1 aromatic heterocycles. The van der Waals surface area contributed by atoms with Crippen LogP contribution < -0.4 is 10.5 Å². The summed E-state index contributed by atoms with van der Waals surface area (Å²) in [5, 5.41) is 9.64. The number of anilines is 1. The Balaban J connectivity index is 1.82. The molecule has 1 amide bonds. The van der Waals surface area contributed by atoms with E-state index in [1.807, 2.05) is 13.0 Å². The molecule has 3 heterocycles. The van der Waals surface area contributed by atoms with Crippen LogP contribution >= 0.6 is 24.0 Å². The van der Waals surface area contributed by atoms with Crippen LogP contribution in [-0.2, 0) is 11.8 Å². The predicted molar refractivity (Wildman–Crippen MR) is 129 cm³/mol. The summed E-state index contributed by atoms with van der Waals surface area (Å²) in [5.74, 6) is 0.755. The number of pyridine rings is 1. The number of rotatable bonds is 3. The summed E-state index contributed by atoms with van der Waals surface area (Å²) >= 11 is 6.90. The van der Waals surface area contributed by atoms with E-state index in [4.69, 9.17) is 12.2 Å². The molecule has 0 bridgehead atoms. The predicted octanol–water partition coefficient (Wildman–Crippen LogP) is 4.09. The fourth-order valence-electron chi connectivity index (χ4n) is 4.96. The van der Waals surface area contributed by atoms with Gasteiger partial charge in [0.05, 0.1) is 4.91 Å². The Morgan fingerprint density at radius 1 is 1.10 bits per heavy atom. The molecular formula is C23H28N4O2S2. The third-order valence-corrected chi connectivity index (χ3v) is 7.99. The number of hydrogen-bond acceptors (Lipinski definition) is 6. The van der Waals surface area contributed by atoms with Gasteiger partial charge in [0, 0.05) is 31.7 Å². The Hall–Kier alpha value is -2.11. The van der Waals surface area contributed by atoms with Gasteiger partial charge in [-0.25, -0.2) is 0 Å². The molecule has 0 atom stereocenters. The van der Waals surface area contributed by atoms with Gasteiger partial charge in [-0.15, -0.1) is 0 Å². The van der Waals surface area contributed by atoms with Gasteiger partial charge >= 0.3 is 0 Å². The topological polar surface area (TPSA) is 69.3 Å². The van der Waals surface area contributed by atoms with E-state index in [2.05, 4.69) is 11.0 Å². The lowest BCUT2D eigenvalue weighted by atomic mass is 10.0. The van der Waals surface area contributed by atoms with Gasteiger partial charge in [-0.1, -0.05) is 49.7 Å². The maximum absolute atomic E-state index is 13.3. The van der Waals surface area contributed by atoms with Crippen LogP contribution in [0.2, 0.25) is 0 Å². The number of aromatic nitrogens is 1. The van der Waals surface area contributed by atoms with E-state index in [-0.39, 0.29) is 23.1 Å². The van der Waals surface area contributed by atoms with Crippen LogP contribution in [0.25, 0.3) is 6.08 Å². The molecule has 6 nitrogen and oxygen atoms in total. The Bertz CT molecular complexity index is 1040. The van der Waals surface area contributed by atoms with Crippen molar-refractivity contribution < 1.29 is 4.79 Å². The van der Waals surface area contributed by atoms with Crippen LogP contribution in [0.5, 0.6) is 0 Å². The standard InChI is InChI=1S/C23H28N4O2S2/c1-15-17(13-19-22(29)27(23(30)31-19)16-9-5-6-10-16)20(25(2)21(28)18(15)14-24)26-11-7-3-4-8-12-26/h13,16H,3-12H2,1-2H3/b19-13-. The Morgan fingerprint density at radius 2 is 1.74 bits per heavy atom. The number of nitriles is 1. The summed E-state index contributed by atoms with van der Waals surface area (Å²) in [7, 11) is 1.73. The molecule has 0 N–H and O–H groups in total. The van der Waals surface area contributed by atoms with Crippen LogP contribution in [0.3, 0.4) is 0 Å². The van der Waals surface area contributed by atoms with E-state index in [0.29, 0.717) is 14.8 Å². The fourth-order valence-corrected chi connectivity index (χ4v) is 6.35. The number of hydrogen-bond donors (Lipinski definition) is 0. The van der Waals surface area contributed by atoms with Gasteiger partial charge in [-0.05, 0) is 44.2 Å². The van der Waals surface area contributed by atoms with Crippen molar-refractivity contribution in [3.05, 3.63) is 31.9 Å². The molecule has 1 saturated carbocycles. The van der Waals surface area contributed by atoms with Gasteiger partial charge < -0.3 is 4.90 Å². The third kappa shape index (κ3) is 4.06. The maximum atomic E-state index is 13.3. The first-order chi connectivity index (χ1) is 14.9. The Kier molecular flexibility index (Phi) is 6.54. The first-order valence-corrected chi connectivity index (χ1v) is 12.3. The van der Waals surface area contributed by atoms with Crippen LogP contribution in [0.15, 0.2) is 9.70 Å². The highest BCUT2D eigenvalue weighted by Crippen LogP contribution is 2.39. The molecule has 164 valence electrons. The highest BCUT2D eigenvalue weighted by Gasteiger charge is 2.38. The smallest absolute Gasteiger partial charge is 0.270 e. The molecular weight excluding hydrogens is 428 g/mol. The van der Waals surface area contributed by atoms with Crippen LogP contribution in [-0.4, -0.2) is 38.8 Å². The average molecular weight is 457 g/mol. The second-order valence-corrected chi connectivity index (χ2v) is 10.3. The summed E-state index contributed by atoms with van der Waals surface area (Å²) in [4.78, 5) is 30.8. The van der Waals surface area contributed by atoms with Crippen molar-refractivity contribution in [1.29, 1.82) is 5.26 Å². The molecule has 1 aliphatic carbocycles. The summed E-state index contributed by atoms with van der Waals surface area (Å²) in [6.07, 6.45) is 10.6. The normalized spacial score (nSPS) is 21.8. The zero-order valence-corrected chi connectivity index (χ0v) is 19.8. The quantitative estimate of drug-likeness (QED) is 0.504. The van der Waals surface area contributed by atoms with Gasteiger partial charge in [0.2, 0.25) is 0 Å². The van der Waals surface area contributed by atoms with Crippen molar-refractivity contribution in [3.8, 4) is 6.07 Å². The van der Waals surface area contributed by atoms with E-state index >= 15 is 0 Å². The van der Waals surface area contributed by atoms with Crippen molar-refractivity contribution in [3.63, 3.8) is 0 Å². The van der Waals surface area contributed by atoms with E-state index in [9.17, 15) is 14.9 Å². The highest BCUT2D eigenvalue weighted by molar-refractivity contribution is 8.26. The largest absolute Gasteiger partial charge is 0.357 e. The molecule has 0 radical (unpaired) electrons. The lowest BCUT2D eigenvalue weighted by Gasteiger charge is -2.28. The minimum Gasteiger partial charge on any atom is -0.357 e. The number of carbonyl (C=O) groups is 1.